The van der Waals surface area contributed by atoms with E-state index in [4.69, 9.17) is 9.47 Å². The van der Waals surface area contributed by atoms with E-state index >= 15 is 0 Å². The van der Waals surface area contributed by atoms with Gasteiger partial charge in [0.05, 0.1) is 19.3 Å². The number of isocyanates is 1. The minimum atomic E-state index is -0.529. The first-order valence-corrected chi connectivity index (χ1v) is 6.66. The zero-order valence-corrected chi connectivity index (χ0v) is 11.4. The molecule has 0 aliphatic heterocycles. The van der Waals surface area contributed by atoms with Crippen molar-refractivity contribution in [2.75, 3.05) is 13.7 Å². The highest BCUT2D eigenvalue weighted by molar-refractivity contribution is 5.52. The Morgan fingerprint density at radius 1 is 1.32 bits per heavy atom. The highest BCUT2D eigenvalue weighted by Gasteiger charge is 2.40. The molecule has 1 fully saturated rings. The zero-order valence-electron chi connectivity index (χ0n) is 11.4. The molecule has 4 nitrogen and oxygen atoms in total. The SMILES string of the molecule is CCOc1cccc(OC)c1C1(N=C=O)CCCC1. The highest BCUT2D eigenvalue weighted by Crippen LogP contribution is 2.49. The number of methoxy groups -OCH3 is 1. The summed E-state index contributed by atoms with van der Waals surface area (Å²) in [6.07, 6.45) is 5.51. The molecule has 0 atom stereocenters. The van der Waals surface area contributed by atoms with Crippen molar-refractivity contribution in [3.8, 4) is 11.5 Å². The Hall–Kier alpha value is -1.80. The summed E-state index contributed by atoms with van der Waals surface area (Å²) < 4.78 is 11.1. The van der Waals surface area contributed by atoms with Gasteiger partial charge in [0.2, 0.25) is 6.08 Å². The monoisotopic (exact) mass is 261 g/mol. The second kappa shape index (κ2) is 5.89. The third-order valence-corrected chi connectivity index (χ3v) is 3.66. The molecule has 0 N–H and O–H groups in total. The molecule has 0 bridgehead atoms. The molecule has 4 heteroatoms. The second-order valence-electron chi connectivity index (χ2n) is 4.71. The molecule has 1 aliphatic carbocycles. The van der Waals surface area contributed by atoms with Gasteiger partial charge in [-0.3, -0.25) is 0 Å². The lowest BCUT2D eigenvalue weighted by atomic mass is 9.87. The summed E-state index contributed by atoms with van der Waals surface area (Å²) in [7, 11) is 1.63. The van der Waals surface area contributed by atoms with E-state index in [2.05, 4.69) is 4.99 Å². The number of ether oxygens (including phenoxy) is 2. The van der Waals surface area contributed by atoms with Crippen LogP contribution in [0, 0.1) is 0 Å². The van der Waals surface area contributed by atoms with E-state index in [1.807, 2.05) is 25.1 Å². The van der Waals surface area contributed by atoms with Crippen molar-refractivity contribution in [1.29, 1.82) is 0 Å². The maximum absolute atomic E-state index is 10.8. The van der Waals surface area contributed by atoms with Crippen LogP contribution < -0.4 is 9.47 Å². The van der Waals surface area contributed by atoms with Crippen molar-refractivity contribution in [2.24, 2.45) is 4.99 Å². The molecular weight excluding hydrogens is 242 g/mol. The Kier molecular flexibility index (Phi) is 4.23. The lowest BCUT2D eigenvalue weighted by molar-refractivity contribution is 0.312. The van der Waals surface area contributed by atoms with Gasteiger partial charge in [-0.15, -0.1) is 0 Å². The van der Waals surface area contributed by atoms with Crippen molar-refractivity contribution in [3.05, 3.63) is 23.8 Å². The van der Waals surface area contributed by atoms with E-state index in [1.165, 1.54) is 0 Å². The molecule has 1 saturated carbocycles. The van der Waals surface area contributed by atoms with E-state index in [9.17, 15) is 4.79 Å². The van der Waals surface area contributed by atoms with Crippen molar-refractivity contribution in [2.45, 2.75) is 38.1 Å². The predicted molar refractivity (Wildman–Crippen MR) is 72.4 cm³/mol. The Bertz CT molecular complexity index is 486. The summed E-state index contributed by atoms with van der Waals surface area (Å²) in [5, 5.41) is 0. The zero-order chi connectivity index (χ0) is 13.7. The lowest BCUT2D eigenvalue weighted by Gasteiger charge is -2.27. The first-order chi connectivity index (χ1) is 9.27. The molecule has 1 aliphatic rings. The van der Waals surface area contributed by atoms with Crippen LogP contribution >= 0.6 is 0 Å². The minimum Gasteiger partial charge on any atom is -0.496 e. The van der Waals surface area contributed by atoms with E-state index in [0.717, 1.165) is 42.7 Å². The van der Waals surface area contributed by atoms with Gasteiger partial charge in [-0.05, 0) is 31.9 Å². The first-order valence-electron chi connectivity index (χ1n) is 6.66. The van der Waals surface area contributed by atoms with Crippen LogP contribution in [0.2, 0.25) is 0 Å². The third-order valence-electron chi connectivity index (χ3n) is 3.66. The summed E-state index contributed by atoms with van der Waals surface area (Å²) in [4.78, 5) is 14.9. The number of carbonyl (C=O) groups excluding carboxylic acids is 1. The molecular formula is C15H19NO3. The van der Waals surface area contributed by atoms with Crippen LogP contribution in [0.4, 0.5) is 0 Å². The van der Waals surface area contributed by atoms with Gasteiger partial charge < -0.3 is 9.47 Å². The molecule has 0 radical (unpaired) electrons. The van der Waals surface area contributed by atoms with Gasteiger partial charge >= 0.3 is 0 Å². The van der Waals surface area contributed by atoms with Crippen molar-refractivity contribution >= 4 is 6.08 Å². The maximum atomic E-state index is 10.8. The van der Waals surface area contributed by atoms with Crippen LogP contribution in [-0.4, -0.2) is 19.8 Å². The number of nitrogens with zero attached hydrogens (tertiary/aromatic N) is 1. The van der Waals surface area contributed by atoms with E-state index < -0.39 is 5.54 Å². The molecule has 0 spiro atoms. The average Bonchev–Trinajstić information content (AvgIpc) is 2.88. The van der Waals surface area contributed by atoms with Crippen LogP contribution in [0.5, 0.6) is 11.5 Å². The normalized spacial score (nSPS) is 16.7. The Balaban J connectivity index is 2.59. The van der Waals surface area contributed by atoms with Gasteiger partial charge in [0.25, 0.3) is 0 Å². The Labute approximate surface area is 113 Å². The molecule has 1 aromatic carbocycles. The number of hydrogen-bond donors (Lipinski definition) is 0. The van der Waals surface area contributed by atoms with E-state index in [1.54, 1.807) is 13.2 Å². The summed E-state index contributed by atoms with van der Waals surface area (Å²) in [5.74, 6) is 1.48. The topological polar surface area (TPSA) is 47.9 Å². The van der Waals surface area contributed by atoms with Gasteiger partial charge in [0.15, 0.2) is 0 Å². The Morgan fingerprint density at radius 2 is 2.00 bits per heavy atom. The predicted octanol–water partition coefficient (Wildman–Crippen LogP) is 3.20. The molecule has 0 unspecified atom stereocenters. The van der Waals surface area contributed by atoms with Crippen LogP contribution in [0.3, 0.4) is 0 Å². The summed E-state index contributed by atoms with van der Waals surface area (Å²) in [6.45, 7) is 2.51. The number of rotatable bonds is 5. The van der Waals surface area contributed by atoms with Crippen molar-refractivity contribution < 1.29 is 14.3 Å². The molecule has 0 saturated heterocycles. The summed E-state index contributed by atoms with van der Waals surface area (Å²) >= 11 is 0. The van der Waals surface area contributed by atoms with Gasteiger partial charge in [-0.2, -0.15) is 4.99 Å². The molecule has 0 heterocycles. The molecule has 19 heavy (non-hydrogen) atoms. The minimum absolute atomic E-state index is 0.529. The van der Waals surface area contributed by atoms with E-state index in [-0.39, 0.29) is 0 Å². The Morgan fingerprint density at radius 3 is 2.58 bits per heavy atom. The maximum Gasteiger partial charge on any atom is 0.235 e. The fraction of sp³-hybridized carbons (Fsp3) is 0.533. The quantitative estimate of drug-likeness (QED) is 0.604. The van der Waals surface area contributed by atoms with Crippen LogP contribution in [0.15, 0.2) is 23.2 Å². The van der Waals surface area contributed by atoms with E-state index in [0.29, 0.717) is 6.61 Å². The van der Waals surface area contributed by atoms with Gasteiger partial charge in [-0.25, -0.2) is 4.79 Å². The largest absolute Gasteiger partial charge is 0.496 e. The molecule has 1 aromatic rings. The van der Waals surface area contributed by atoms with Crippen LogP contribution in [0.1, 0.15) is 38.2 Å². The van der Waals surface area contributed by atoms with Crippen molar-refractivity contribution in [3.63, 3.8) is 0 Å². The van der Waals surface area contributed by atoms with Gasteiger partial charge in [0.1, 0.15) is 17.0 Å². The molecule has 0 amide bonds. The molecule has 0 aromatic heterocycles. The third kappa shape index (κ3) is 2.49. The van der Waals surface area contributed by atoms with Gasteiger partial charge in [-0.1, -0.05) is 18.9 Å². The second-order valence-corrected chi connectivity index (χ2v) is 4.71. The fourth-order valence-corrected chi connectivity index (χ4v) is 2.88. The number of hydrogen-bond acceptors (Lipinski definition) is 4. The summed E-state index contributed by atoms with van der Waals surface area (Å²) in [5.41, 5.74) is 0.360. The summed E-state index contributed by atoms with van der Waals surface area (Å²) in [6, 6.07) is 5.68. The molecule has 102 valence electrons. The lowest BCUT2D eigenvalue weighted by Crippen LogP contribution is -2.21. The standard InChI is InChI=1S/C15H19NO3/c1-3-19-13-8-6-7-12(18-2)14(13)15(16-11-17)9-4-5-10-15/h6-8H,3-5,9-10H2,1-2H3. The molecule has 2 rings (SSSR count). The number of aliphatic imine (C=N–C) groups is 1. The fourth-order valence-electron chi connectivity index (χ4n) is 2.88. The van der Waals surface area contributed by atoms with Crippen LogP contribution in [-0.2, 0) is 10.3 Å². The first kappa shape index (κ1) is 13.6. The van der Waals surface area contributed by atoms with Crippen molar-refractivity contribution in [1.82, 2.24) is 0 Å². The smallest absolute Gasteiger partial charge is 0.235 e. The van der Waals surface area contributed by atoms with Gasteiger partial charge in [0, 0.05) is 0 Å². The highest BCUT2D eigenvalue weighted by atomic mass is 16.5. The number of benzene rings is 1. The van der Waals surface area contributed by atoms with Crippen LogP contribution in [0.25, 0.3) is 0 Å². The average molecular weight is 261 g/mol.